The van der Waals surface area contributed by atoms with Crippen LogP contribution < -0.4 is 10.1 Å². The first kappa shape index (κ1) is 13.4. The lowest BCUT2D eigenvalue weighted by molar-refractivity contribution is 0.186. The Hall–Kier alpha value is -1.02. The molecule has 1 aliphatic rings. The molecule has 0 amide bonds. The maximum Gasteiger partial charge on any atom is 0.128 e. The molecule has 0 saturated carbocycles. The molecule has 1 aromatic carbocycles. The van der Waals surface area contributed by atoms with Crippen LogP contribution >= 0.6 is 0 Å². The van der Waals surface area contributed by atoms with E-state index in [0.29, 0.717) is 6.04 Å². The van der Waals surface area contributed by atoms with Crippen LogP contribution in [-0.2, 0) is 5.41 Å². The average Bonchev–Trinajstić information content (AvgIpc) is 2.66. The van der Waals surface area contributed by atoms with E-state index in [-0.39, 0.29) is 11.5 Å². The maximum absolute atomic E-state index is 6.24. The molecule has 1 heterocycles. The Kier molecular flexibility index (Phi) is 3.41. The monoisotopic (exact) mass is 247 g/mol. The molecular weight excluding hydrogens is 222 g/mol. The summed E-state index contributed by atoms with van der Waals surface area (Å²) in [6.45, 7) is 11.1. The molecule has 0 saturated heterocycles. The van der Waals surface area contributed by atoms with Gasteiger partial charge in [0.15, 0.2) is 0 Å². The summed E-state index contributed by atoms with van der Waals surface area (Å²) in [6, 6.07) is 4.77. The van der Waals surface area contributed by atoms with Gasteiger partial charge in [0, 0.05) is 5.56 Å². The van der Waals surface area contributed by atoms with Crippen molar-refractivity contribution in [1.29, 1.82) is 0 Å². The third kappa shape index (κ3) is 2.03. The molecule has 0 radical (unpaired) electrons. The van der Waals surface area contributed by atoms with Gasteiger partial charge in [0.05, 0.1) is 6.04 Å². The third-order valence-electron chi connectivity index (χ3n) is 3.89. The van der Waals surface area contributed by atoms with Crippen LogP contribution in [-0.4, -0.2) is 13.2 Å². The minimum absolute atomic E-state index is 0.124. The first-order valence-corrected chi connectivity index (χ1v) is 6.88. The van der Waals surface area contributed by atoms with E-state index < -0.39 is 0 Å². The number of hydrogen-bond acceptors (Lipinski definition) is 2. The summed E-state index contributed by atoms with van der Waals surface area (Å²) >= 11 is 0. The predicted octanol–water partition coefficient (Wildman–Crippen LogP) is 3.72. The predicted molar refractivity (Wildman–Crippen MR) is 76.4 cm³/mol. The maximum atomic E-state index is 6.24. The van der Waals surface area contributed by atoms with Crippen molar-refractivity contribution >= 4 is 0 Å². The van der Waals surface area contributed by atoms with Crippen molar-refractivity contribution in [3.8, 4) is 5.75 Å². The molecule has 1 N–H and O–H groups in total. The number of rotatable bonds is 2. The second kappa shape index (κ2) is 4.58. The highest BCUT2D eigenvalue weighted by Gasteiger charge is 2.36. The minimum Gasteiger partial charge on any atom is -0.488 e. The largest absolute Gasteiger partial charge is 0.488 e. The summed E-state index contributed by atoms with van der Waals surface area (Å²) in [4.78, 5) is 0. The Balaban J connectivity index is 2.59. The van der Waals surface area contributed by atoms with Gasteiger partial charge in [-0.1, -0.05) is 39.8 Å². The molecule has 2 heteroatoms. The zero-order valence-electron chi connectivity index (χ0n) is 12.4. The van der Waals surface area contributed by atoms with Gasteiger partial charge in [-0.2, -0.15) is 0 Å². The van der Waals surface area contributed by atoms with E-state index in [1.165, 1.54) is 16.7 Å². The van der Waals surface area contributed by atoms with Crippen molar-refractivity contribution in [1.82, 2.24) is 5.32 Å². The van der Waals surface area contributed by atoms with Crippen molar-refractivity contribution in [3.05, 3.63) is 28.8 Å². The van der Waals surface area contributed by atoms with E-state index in [1.54, 1.807) is 0 Å². The Bertz CT molecular complexity index is 445. The molecular formula is C16H25NO. The molecule has 0 aliphatic carbocycles. The summed E-state index contributed by atoms with van der Waals surface area (Å²) in [6.07, 6.45) is 1.29. The lowest BCUT2D eigenvalue weighted by Gasteiger charge is -2.22. The second-order valence-corrected chi connectivity index (χ2v) is 6.25. The van der Waals surface area contributed by atoms with Crippen LogP contribution in [0.2, 0.25) is 0 Å². The lowest BCUT2D eigenvalue weighted by Crippen LogP contribution is -2.28. The van der Waals surface area contributed by atoms with Gasteiger partial charge in [0.25, 0.3) is 0 Å². The Morgan fingerprint density at radius 1 is 1.28 bits per heavy atom. The standard InChI is InChI=1S/C16H25NO/c1-7-12-14(17-6)13-10(2)8-9-11(15(13)18-12)16(3,4)5/h8-9,12,14,17H,7H2,1-6H3. The Morgan fingerprint density at radius 3 is 2.44 bits per heavy atom. The van der Waals surface area contributed by atoms with E-state index in [1.807, 2.05) is 7.05 Å². The van der Waals surface area contributed by atoms with Crippen LogP contribution in [0.15, 0.2) is 12.1 Å². The van der Waals surface area contributed by atoms with Gasteiger partial charge in [-0.15, -0.1) is 0 Å². The number of fused-ring (bicyclic) bond motifs is 1. The highest BCUT2D eigenvalue weighted by atomic mass is 16.5. The topological polar surface area (TPSA) is 21.3 Å². The molecule has 0 spiro atoms. The molecule has 0 bridgehead atoms. The fourth-order valence-corrected chi connectivity index (χ4v) is 2.86. The SMILES string of the molecule is CCC1Oc2c(C(C)(C)C)ccc(C)c2C1NC. The van der Waals surface area contributed by atoms with Gasteiger partial charge in [-0.3, -0.25) is 0 Å². The van der Waals surface area contributed by atoms with Gasteiger partial charge < -0.3 is 10.1 Å². The average molecular weight is 247 g/mol. The smallest absolute Gasteiger partial charge is 0.128 e. The molecule has 2 rings (SSSR count). The van der Waals surface area contributed by atoms with E-state index >= 15 is 0 Å². The number of ether oxygens (including phenoxy) is 1. The molecule has 2 unspecified atom stereocenters. The Labute approximate surface area is 111 Å². The summed E-state index contributed by atoms with van der Waals surface area (Å²) in [7, 11) is 2.02. The highest BCUT2D eigenvalue weighted by molar-refractivity contribution is 5.53. The molecule has 100 valence electrons. The molecule has 18 heavy (non-hydrogen) atoms. The van der Waals surface area contributed by atoms with Gasteiger partial charge in [-0.25, -0.2) is 0 Å². The van der Waals surface area contributed by atoms with Gasteiger partial charge in [0.1, 0.15) is 11.9 Å². The van der Waals surface area contributed by atoms with Gasteiger partial charge in [-0.05, 0) is 36.9 Å². The number of hydrogen-bond donors (Lipinski definition) is 1. The van der Waals surface area contributed by atoms with Crippen molar-refractivity contribution in [2.45, 2.75) is 58.6 Å². The van der Waals surface area contributed by atoms with Crippen molar-refractivity contribution in [2.24, 2.45) is 0 Å². The van der Waals surface area contributed by atoms with E-state index in [0.717, 1.165) is 12.2 Å². The minimum atomic E-state index is 0.124. The second-order valence-electron chi connectivity index (χ2n) is 6.25. The molecule has 1 aromatic rings. The first-order valence-electron chi connectivity index (χ1n) is 6.88. The quantitative estimate of drug-likeness (QED) is 0.860. The summed E-state index contributed by atoms with van der Waals surface area (Å²) < 4.78 is 6.24. The molecule has 0 fully saturated rings. The van der Waals surface area contributed by atoms with Crippen molar-refractivity contribution in [2.75, 3.05) is 7.05 Å². The first-order chi connectivity index (χ1) is 8.40. The summed E-state index contributed by atoms with van der Waals surface area (Å²) in [5, 5.41) is 3.42. The highest BCUT2D eigenvalue weighted by Crippen LogP contribution is 2.45. The van der Waals surface area contributed by atoms with Crippen LogP contribution in [0.5, 0.6) is 5.75 Å². The molecule has 2 atom stereocenters. The third-order valence-corrected chi connectivity index (χ3v) is 3.89. The fourth-order valence-electron chi connectivity index (χ4n) is 2.86. The summed E-state index contributed by atoms with van der Waals surface area (Å²) in [5.41, 5.74) is 4.13. The van der Waals surface area contributed by atoms with E-state index in [4.69, 9.17) is 4.74 Å². The van der Waals surface area contributed by atoms with Crippen LogP contribution in [0.4, 0.5) is 0 Å². The fraction of sp³-hybridized carbons (Fsp3) is 0.625. The van der Waals surface area contributed by atoms with Crippen LogP contribution in [0.1, 0.15) is 56.8 Å². The normalized spacial score (nSPS) is 22.8. The van der Waals surface area contributed by atoms with Crippen molar-refractivity contribution < 1.29 is 4.74 Å². The summed E-state index contributed by atoms with van der Waals surface area (Å²) in [5.74, 6) is 1.12. The number of likely N-dealkylation sites (N-methyl/N-ethyl adjacent to an activating group) is 1. The number of benzene rings is 1. The van der Waals surface area contributed by atoms with E-state index in [9.17, 15) is 0 Å². The molecule has 2 nitrogen and oxygen atoms in total. The number of nitrogens with one attached hydrogen (secondary N) is 1. The Morgan fingerprint density at radius 2 is 1.94 bits per heavy atom. The van der Waals surface area contributed by atoms with Crippen LogP contribution in [0.25, 0.3) is 0 Å². The van der Waals surface area contributed by atoms with Gasteiger partial charge >= 0.3 is 0 Å². The zero-order chi connectivity index (χ0) is 13.5. The molecule has 1 aliphatic heterocycles. The molecule has 0 aromatic heterocycles. The van der Waals surface area contributed by atoms with Crippen LogP contribution in [0.3, 0.4) is 0 Å². The van der Waals surface area contributed by atoms with E-state index in [2.05, 4.69) is 52.1 Å². The number of aryl methyl sites for hydroxylation is 1. The van der Waals surface area contributed by atoms with Crippen molar-refractivity contribution in [3.63, 3.8) is 0 Å². The zero-order valence-corrected chi connectivity index (χ0v) is 12.4. The lowest BCUT2D eigenvalue weighted by atomic mass is 9.83. The van der Waals surface area contributed by atoms with Gasteiger partial charge in [0.2, 0.25) is 0 Å². The van der Waals surface area contributed by atoms with Crippen LogP contribution in [0, 0.1) is 6.92 Å².